The molecule has 1 rings (SSSR count). The van der Waals surface area contributed by atoms with E-state index in [1.165, 1.54) is 173 Å². The number of aliphatic hydroxyl groups is 2. The number of unbranched alkanes of at least 4 members (excludes halogenated alkanes) is 25. The van der Waals surface area contributed by atoms with Crippen LogP contribution in [0.5, 0.6) is 0 Å². The maximum Gasteiger partial charge on any atom is 0.333 e. The largest absolute Gasteiger partial charge is 0.395 e. The van der Waals surface area contributed by atoms with E-state index in [4.69, 9.17) is 13.6 Å². The van der Waals surface area contributed by atoms with E-state index in [1.54, 1.807) is 0 Å². The number of hydrogen-bond donors (Lipinski definition) is 2. The predicted molar refractivity (Wildman–Crippen MR) is 236 cm³/mol. The van der Waals surface area contributed by atoms with Gasteiger partial charge in [0.15, 0.2) is 0 Å². The molecule has 324 valence electrons. The quantitative estimate of drug-likeness (QED) is 0.0364. The van der Waals surface area contributed by atoms with Crippen molar-refractivity contribution >= 4 is 8.56 Å². The molecule has 1 aliphatic rings. The normalized spacial score (nSPS) is 16.5. The summed E-state index contributed by atoms with van der Waals surface area (Å²) in [6, 6.07) is 0. The van der Waals surface area contributed by atoms with E-state index < -0.39 is 8.56 Å². The SMILES string of the molecule is CCCCCCCCCCCCCCCCOC(CCCCCCCC1CC1CCCCCCCC)O[Si](C)(C)OCCCCCCN(CCO)CCO. The molecule has 0 aromatic rings. The van der Waals surface area contributed by atoms with Crippen LogP contribution in [-0.4, -0.2) is 76.0 Å². The van der Waals surface area contributed by atoms with Gasteiger partial charge in [0.25, 0.3) is 0 Å². The molecular weight excluding hydrogens is 687 g/mol. The van der Waals surface area contributed by atoms with E-state index in [2.05, 4.69) is 31.8 Å². The molecule has 2 N–H and O–H groups in total. The second-order valence-corrected chi connectivity index (χ2v) is 20.9. The van der Waals surface area contributed by atoms with Crippen LogP contribution in [-0.2, 0) is 13.6 Å². The molecule has 7 heteroatoms. The Kier molecular flexibility index (Phi) is 37.1. The van der Waals surface area contributed by atoms with Crippen LogP contribution in [0.2, 0.25) is 13.1 Å². The molecule has 1 aliphatic carbocycles. The van der Waals surface area contributed by atoms with Crippen molar-refractivity contribution in [2.75, 3.05) is 46.1 Å². The van der Waals surface area contributed by atoms with Gasteiger partial charge >= 0.3 is 8.56 Å². The van der Waals surface area contributed by atoms with Gasteiger partial charge in [-0.25, -0.2) is 0 Å². The molecule has 1 fully saturated rings. The molecule has 6 nitrogen and oxygen atoms in total. The standard InChI is InChI=1S/C47H97NO5Si/c1-5-7-9-11-13-14-15-16-17-18-19-20-26-32-42-51-47(53-54(3,4)52-43-33-27-25-31-37-48(38-40-49)39-41-50)36-30-24-21-23-29-35-46-44-45(46)34-28-22-12-10-8-6-2/h45-47,49-50H,5-44H2,1-4H3. The van der Waals surface area contributed by atoms with E-state index >= 15 is 0 Å². The van der Waals surface area contributed by atoms with Gasteiger partial charge in [0.1, 0.15) is 6.29 Å². The molecule has 0 aliphatic heterocycles. The molecule has 0 spiro atoms. The molecule has 54 heavy (non-hydrogen) atoms. The van der Waals surface area contributed by atoms with Crippen LogP contribution in [0.25, 0.3) is 0 Å². The Morgan fingerprint density at radius 3 is 1.39 bits per heavy atom. The van der Waals surface area contributed by atoms with Gasteiger partial charge in [0.2, 0.25) is 0 Å². The Balaban J connectivity index is 2.26. The molecule has 0 saturated heterocycles. The third-order valence-corrected chi connectivity index (χ3v) is 13.6. The third-order valence-electron chi connectivity index (χ3n) is 11.9. The van der Waals surface area contributed by atoms with E-state index in [9.17, 15) is 10.2 Å². The van der Waals surface area contributed by atoms with Gasteiger partial charge in [0, 0.05) is 26.3 Å². The highest BCUT2D eigenvalue weighted by molar-refractivity contribution is 6.64. The van der Waals surface area contributed by atoms with Crippen LogP contribution in [0.1, 0.15) is 226 Å². The number of nitrogens with zero attached hydrogens (tertiary/aromatic N) is 1. The fraction of sp³-hybridized carbons (Fsp3) is 1.00. The van der Waals surface area contributed by atoms with Gasteiger partial charge in [-0.15, -0.1) is 0 Å². The average molecular weight is 784 g/mol. The summed E-state index contributed by atoms with van der Waals surface area (Å²) in [5.74, 6) is 2.11. The summed E-state index contributed by atoms with van der Waals surface area (Å²) in [7, 11) is -2.28. The molecular formula is C47H97NO5Si. The lowest BCUT2D eigenvalue weighted by Gasteiger charge is -2.29. The zero-order valence-electron chi connectivity index (χ0n) is 37.1. The van der Waals surface area contributed by atoms with Crippen LogP contribution in [0.4, 0.5) is 0 Å². The third kappa shape index (κ3) is 34.1. The monoisotopic (exact) mass is 784 g/mol. The van der Waals surface area contributed by atoms with E-state index in [0.717, 1.165) is 70.1 Å². The topological polar surface area (TPSA) is 71.4 Å². The summed E-state index contributed by atoms with van der Waals surface area (Å²) in [5, 5.41) is 18.5. The van der Waals surface area contributed by atoms with Crippen LogP contribution in [0.15, 0.2) is 0 Å². The van der Waals surface area contributed by atoms with E-state index in [1.807, 2.05) is 0 Å². The summed E-state index contributed by atoms with van der Waals surface area (Å²) < 4.78 is 19.5. The van der Waals surface area contributed by atoms with Gasteiger partial charge in [-0.1, -0.05) is 187 Å². The number of hydrogen-bond acceptors (Lipinski definition) is 6. The Labute approximate surface area is 339 Å². The van der Waals surface area contributed by atoms with E-state index in [0.29, 0.717) is 13.1 Å². The summed E-state index contributed by atoms with van der Waals surface area (Å²) in [5.41, 5.74) is 0. The zero-order valence-corrected chi connectivity index (χ0v) is 38.1. The smallest absolute Gasteiger partial charge is 0.333 e. The summed E-state index contributed by atoms with van der Waals surface area (Å²) >= 11 is 0. The van der Waals surface area contributed by atoms with Gasteiger partial charge in [0.05, 0.1) is 13.2 Å². The lowest BCUT2D eigenvalue weighted by molar-refractivity contribution is -0.104. The highest BCUT2D eigenvalue weighted by Crippen LogP contribution is 2.45. The Hall–Kier alpha value is -0.0231. The fourth-order valence-corrected chi connectivity index (χ4v) is 9.74. The average Bonchev–Trinajstić information content (AvgIpc) is 3.91. The van der Waals surface area contributed by atoms with Crippen molar-refractivity contribution in [1.82, 2.24) is 4.90 Å². The summed E-state index contributed by atoms with van der Waals surface area (Å²) in [6.45, 7) is 13.1. The molecule has 3 atom stereocenters. The van der Waals surface area contributed by atoms with Crippen LogP contribution >= 0.6 is 0 Å². The maximum absolute atomic E-state index is 9.23. The first-order valence-corrected chi connectivity index (χ1v) is 27.1. The van der Waals surface area contributed by atoms with Crippen molar-refractivity contribution in [3.63, 3.8) is 0 Å². The van der Waals surface area contributed by atoms with Crippen LogP contribution in [0, 0.1) is 11.8 Å². The van der Waals surface area contributed by atoms with Crippen LogP contribution < -0.4 is 0 Å². The Morgan fingerprint density at radius 2 is 0.907 bits per heavy atom. The first-order valence-electron chi connectivity index (χ1n) is 24.3. The molecule has 0 aromatic heterocycles. The van der Waals surface area contributed by atoms with Crippen molar-refractivity contribution in [1.29, 1.82) is 0 Å². The predicted octanol–water partition coefficient (Wildman–Crippen LogP) is 13.5. The second kappa shape index (κ2) is 38.5. The lowest BCUT2D eigenvalue weighted by Crippen LogP contribution is -2.40. The molecule has 0 amide bonds. The fourth-order valence-electron chi connectivity index (χ4n) is 8.22. The Bertz CT molecular complexity index is 752. The maximum atomic E-state index is 9.23. The van der Waals surface area contributed by atoms with Crippen molar-refractivity contribution in [3.05, 3.63) is 0 Å². The van der Waals surface area contributed by atoms with Gasteiger partial charge in [-0.05, 0) is 70.0 Å². The van der Waals surface area contributed by atoms with Gasteiger partial charge in [-0.2, -0.15) is 0 Å². The molecule has 0 radical (unpaired) electrons. The summed E-state index contributed by atoms with van der Waals surface area (Å²) in [4.78, 5) is 2.14. The molecule has 1 saturated carbocycles. The lowest BCUT2D eigenvalue weighted by atomic mass is 10.0. The van der Waals surface area contributed by atoms with Gasteiger partial charge < -0.3 is 23.8 Å². The second-order valence-electron chi connectivity index (χ2n) is 17.6. The van der Waals surface area contributed by atoms with Crippen molar-refractivity contribution in [2.45, 2.75) is 245 Å². The van der Waals surface area contributed by atoms with Crippen molar-refractivity contribution in [2.24, 2.45) is 11.8 Å². The molecule has 3 unspecified atom stereocenters. The Morgan fingerprint density at radius 1 is 0.500 bits per heavy atom. The number of aliphatic hydroxyl groups excluding tert-OH is 2. The highest BCUT2D eigenvalue weighted by atomic mass is 28.4. The molecule has 0 heterocycles. The van der Waals surface area contributed by atoms with Crippen molar-refractivity contribution < 1.29 is 23.8 Å². The number of ether oxygens (including phenoxy) is 1. The highest BCUT2D eigenvalue weighted by Gasteiger charge is 2.35. The molecule has 0 bridgehead atoms. The molecule has 0 aromatic carbocycles. The van der Waals surface area contributed by atoms with Crippen LogP contribution in [0.3, 0.4) is 0 Å². The minimum absolute atomic E-state index is 0.133. The summed E-state index contributed by atoms with van der Waals surface area (Å²) in [6.07, 6.45) is 44.2. The van der Waals surface area contributed by atoms with E-state index in [-0.39, 0.29) is 19.5 Å². The minimum Gasteiger partial charge on any atom is -0.395 e. The van der Waals surface area contributed by atoms with Gasteiger partial charge in [-0.3, -0.25) is 4.90 Å². The first-order chi connectivity index (χ1) is 26.5. The van der Waals surface area contributed by atoms with Crippen molar-refractivity contribution in [3.8, 4) is 0 Å². The minimum atomic E-state index is -2.28. The first kappa shape index (κ1) is 52.0. The zero-order chi connectivity index (χ0) is 39.2. The number of rotatable bonds is 45.